The van der Waals surface area contributed by atoms with Gasteiger partial charge in [-0.05, 0) is 39.0 Å². The monoisotopic (exact) mass is 838 g/mol. The first-order chi connectivity index (χ1) is 28.7. The smallest absolute Gasteiger partial charge is 0.249 e. The second-order valence-corrected chi connectivity index (χ2v) is 17.2. The molecule has 8 atom stereocenters. The molecule has 0 aliphatic carbocycles. The summed E-state index contributed by atoms with van der Waals surface area (Å²) in [4.78, 5) is 13.1. The lowest BCUT2D eigenvalue weighted by Crippen LogP contribution is -2.60. The molecule has 59 heavy (non-hydrogen) atoms. The summed E-state index contributed by atoms with van der Waals surface area (Å²) < 4.78 is 11.1. The Morgan fingerprint density at radius 2 is 1.14 bits per heavy atom. The molecule has 0 aromatic carbocycles. The molecule has 10 heteroatoms. The summed E-state index contributed by atoms with van der Waals surface area (Å²) in [6.07, 6.45) is 34.9. The van der Waals surface area contributed by atoms with E-state index in [1.165, 1.54) is 140 Å². The zero-order valence-electron chi connectivity index (χ0n) is 37.8. The van der Waals surface area contributed by atoms with Crippen LogP contribution in [0.1, 0.15) is 207 Å². The van der Waals surface area contributed by atoms with Gasteiger partial charge in [0.2, 0.25) is 5.91 Å². The van der Waals surface area contributed by atoms with Crippen molar-refractivity contribution in [3.05, 3.63) is 36.0 Å². The van der Waals surface area contributed by atoms with Crippen LogP contribution < -0.4 is 5.32 Å². The van der Waals surface area contributed by atoms with E-state index in [0.29, 0.717) is 19.3 Å². The van der Waals surface area contributed by atoms with Gasteiger partial charge >= 0.3 is 0 Å². The molecule has 0 radical (unpaired) electrons. The van der Waals surface area contributed by atoms with E-state index in [1.807, 2.05) is 6.08 Å². The maximum Gasteiger partial charge on any atom is 0.249 e. The Labute approximate surface area is 360 Å². The van der Waals surface area contributed by atoms with Crippen LogP contribution in [0.25, 0.3) is 0 Å². The lowest BCUT2D eigenvalue weighted by molar-refractivity contribution is -0.302. The van der Waals surface area contributed by atoms with Gasteiger partial charge in [-0.25, -0.2) is 0 Å². The predicted molar refractivity (Wildman–Crippen MR) is 241 cm³/mol. The number of allylic oxidation sites excluding steroid dienone is 5. The summed E-state index contributed by atoms with van der Waals surface area (Å²) in [5.74, 6) is -0.631. The van der Waals surface area contributed by atoms with Gasteiger partial charge in [0.15, 0.2) is 6.29 Å². The maximum absolute atomic E-state index is 13.1. The highest BCUT2D eigenvalue weighted by Gasteiger charge is 2.44. The molecule has 0 aromatic heterocycles. The fourth-order valence-electron chi connectivity index (χ4n) is 7.61. The van der Waals surface area contributed by atoms with E-state index in [9.17, 15) is 35.4 Å². The number of unbranched alkanes of at least 4 members (excludes halogenated alkanes) is 25. The molecule has 1 rings (SSSR count). The summed E-state index contributed by atoms with van der Waals surface area (Å²) >= 11 is 0. The molecule has 1 aliphatic rings. The molecular formula is C49H91NO9. The zero-order valence-corrected chi connectivity index (χ0v) is 37.8. The number of rotatable bonds is 39. The Kier molecular flexibility index (Phi) is 35.7. The Hall–Kier alpha value is -1.63. The fourth-order valence-corrected chi connectivity index (χ4v) is 7.61. The third-order valence-electron chi connectivity index (χ3n) is 11.7. The van der Waals surface area contributed by atoms with Gasteiger partial charge in [0.25, 0.3) is 0 Å². The normalized spacial score (nSPS) is 21.7. The first kappa shape index (κ1) is 55.4. The largest absolute Gasteiger partial charge is 0.394 e. The predicted octanol–water partition coefficient (Wildman–Crippen LogP) is 9.42. The van der Waals surface area contributed by atoms with E-state index < -0.39 is 61.5 Å². The standard InChI is InChI=1S/C49H91NO9/c1-4-6-8-10-12-13-14-15-16-17-18-19-20-21-22-23-24-26-28-32-37-43(53)48(57)50-41(39-58-49-47(56)46(55)45(54)44(38-51)59-49)42(52)36-33-29-31-35-40(3)34-30-27-25-11-9-7-5-2/h30,33-36,41-47,49,51-56H,4-29,31-32,37-39H2,1-3H3,(H,50,57)/b34-30+,36-33+,40-35+/t41?,42-,43-,44-,45-,46+,47-,49-/m1/s1. The van der Waals surface area contributed by atoms with Crippen molar-refractivity contribution >= 4 is 5.91 Å². The van der Waals surface area contributed by atoms with Crippen molar-refractivity contribution in [2.75, 3.05) is 13.2 Å². The van der Waals surface area contributed by atoms with Crippen LogP contribution in [0.4, 0.5) is 0 Å². The number of nitrogens with one attached hydrogen (secondary N) is 1. The van der Waals surface area contributed by atoms with E-state index in [0.717, 1.165) is 32.1 Å². The van der Waals surface area contributed by atoms with Crippen LogP contribution in [-0.2, 0) is 14.3 Å². The highest BCUT2D eigenvalue weighted by atomic mass is 16.7. The molecule has 1 heterocycles. The molecule has 1 amide bonds. The van der Waals surface area contributed by atoms with Crippen LogP contribution >= 0.6 is 0 Å². The van der Waals surface area contributed by atoms with Gasteiger partial charge in [-0.15, -0.1) is 0 Å². The van der Waals surface area contributed by atoms with Crippen LogP contribution in [-0.4, -0.2) is 98.7 Å². The number of carbonyl (C=O) groups is 1. The Morgan fingerprint density at radius 1 is 0.644 bits per heavy atom. The minimum absolute atomic E-state index is 0.302. The summed E-state index contributed by atoms with van der Waals surface area (Å²) in [5.41, 5.74) is 1.18. The number of hydrogen-bond donors (Lipinski definition) is 7. The van der Waals surface area contributed by atoms with Crippen LogP contribution in [0.3, 0.4) is 0 Å². The molecule has 0 aromatic rings. The number of hydrogen-bond acceptors (Lipinski definition) is 9. The van der Waals surface area contributed by atoms with Gasteiger partial charge in [-0.1, -0.05) is 204 Å². The van der Waals surface area contributed by atoms with Gasteiger partial charge in [-0.3, -0.25) is 4.79 Å². The van der Waals surface area contributed by atoms with E-state index in [4.69, 9.17) is 9.47 Å². The summed E-state index contributed by atoms with van der Waals surface area (Å²) in [6.45, 7) is 5.63. The van der Waals surface area contributed by atoms with Crippen molar-refractivity contribution in [2.24, 2.45) is 0 Å². The van der Waals surface area contributed by atoms with Gasteiger partial charge in [0.05, 0.1) is 25.4 Å². The second kappa shape index (κ2) is 38.1. The molecule has 1 fully saturated rings. The molecule has 1 aliphatic heterocycles. The van der Waals surface area contributed by atoms with Crippen molar-refractivity contribution < 1.29 is 44.9 Å². The minimum Gasteiger partial charge on any atom is -0.394 e. The zero-order chi connectivity index (χ0) is 43.4. The average Bonchev–Trinajstić information content (AvgIpc) is 3.23. The molecule has 7 N–H and O–H groups in total. The number of ether oxygens (including phenoxy) is 2. The fraction of sp³-hybridized carbons (Fsp3) is 0.857. The third-order valence-corrected chi connectivity index (χ3v) is 11.7. The third kappa shape index (κ3) is 28.6. The van der Waals surface area contributed by atoms with Crippen molar-refractivity contribution in [1.82, 2.24) is 5.32 Å². The molecule has 0 bridgehead atoms. The number of amides is 1. The van der Waals surface area contributed by atoms with Gasteiger partial charge in [-0.2, -0.15) is 0 Å². The van der Waals surface area contributed by atoms with E-state index >= 15 is 0 Å². The Morgan fingerprint density at radius 3 is 1.64 bits per heavy atom. The van der Waals surface area contributed by atoms with Crippen molar-refractivity contribution in [1.29, 1.82) is 0 Å². The summed E-state index contributed by atoms with van der Waals surface area (Å²) in [6, 6.07) is -1.01. The lowest BCUT2D eigenvalue weighted by atomic mass is 9.99. The van der Waals surface area contributed by atoms with Crippen LogP contribution in [0.5, 0.6) is 0 Å². The van der Waals surface area contributed by atoms with Gasteiger partial charge < -0.3 is 45.4 Å². The first-order valence-electron chi connectivity index (χ1n) is 24.2. The van der Waals surface area contributed by atoms with Crippen LogP contribution in [0.15, 0.2) is 36.0 Å². The highest BCUT2D eigenvalue weighted by molar-refractivity contribution is 5.80. The summed E-state index contributed by atoms with van der Waals surface area (Å²) in [5, 5.41) is 64.8. The number of carbonyl (C=O) groups excluding carboxylic acids is 1. The van der Waals surface area contributed by atoms with E-state index in [1.54, 1.807) is 6.08 Å². The van der Waals surface area contributed by atoms with Gasteiger partial charge in [0, 0.05) is 0 Å². The summed E-state index contributed by atoms with van der Waals surface area (Å²) in [7, 11) is 0. The number of aliphatic hydroxyl groups is 6. The molecule has 10 nitrogen and oxygen atoms in total. The molecule has 1 saturated heterocycles. The SMILES string of the molecule is CCCCCCC/C=C/C(C)=C/CC/C=C/[C@@H](O)C(CO[C@@H]1O[C@H](CO)[C@@H](O)[C@H](O)[C@H]1O)NC(=O)[C@H](O)CCCCCCCCCCCCCCCCCCCCCC. The first-order valence-corrected chi connectivity index (χ1v) is 24.2. The van der Waals surface area contributed by atoms with Gasteiger partial charge in [0.1, 0.15) is 30.5 Å². The average molecular weight is 838 g/mol. The Balaban J connectivity index is 2.42. The second-order valence-electron chi connectivity index (χ2n) is 17.2. The van der Waals surface area contributed by atoms with Crippen LogP contribution in [0.2, 0.25) is 0 Å². The topological polar surface area (TPSA) is 169 Å². The maximum atomic E-state index is 13.1. The van der Waals surface area contributed by atoms with E-state index in [-0.39, 0.29) is 6.61 Å². The highest BCUT2D eigenvalue weighted by Crippen LogP contribution is 2.23. The van der Waals surface area contributed by atoms with Crippen LogP contribution in [0, 0.1) is 0 Å². The molecule has 1 unspecified atom stereocenters. The number of aliphatic hydroxyl groups excluding tert-OH is 6. The minimum atomic E-state index is -1.62. The lowest BCUT2D eigenvalue weighted by Gasteiger charge is -2.40. The molecule has 0 spiro atoms. The van der Waals surface area contributed by atoms with Crippen molar-refractivity contribution in [2.45, 2.75) is 256 Å². The molecular weight excluding hydrogens is 747 g/mol. The molecule has 346 valence electrons. The quantitative estimate of drug-likeness (QED) is 0.0181. The van der Waals surface area contributed by atoms with Crippen molar-refractivity contribution in [3.8, 4) is 0 Å². The van der Waals surface area contributed by atoms with E-state index in [2.05, 4.69) is 44.3 Å². The van der Waals surface area contributed by atoms with Crippen molar-refractivity contribution in [3.63, 3.8) is 0 Å². The molecule has 0 saturated carbocycles. The Bertz CT molecular complexity index is 1070.